The van der Waals surface area contributed by atoms with Crippen molar-refractivity contribution in [2.24, 2.45) is 0 Å². The summed E-state index contributed by atoms with van der Waals surface area (Å²) in [4.78, 5) is 0. The average Bonchev–Trinajstić information content (AvgIpc) is 3.05. The van der Waals surface area contributed by atoms with Gasteiger partial charge in [-0.1, -0.05) is 194 Å². The van der Waals surface area contributed by atoms with Crippen molar-refractivity contribution in [1.82, 2.24) is 0 Å². The van der Waals surface area contributed by atoms with Crippen LogP contribution in [0.3, 0.4) is 0 Å². The molecule has 2 atom stereocenters. The summed E-state index contributed by atoms with van der Waals surface area (Å²) >= 11 is 0. The molecule has 2 unspecified atom stereocenters. The molecular formula is C39H82O6. The van der Waals surface area contributed by atoms with Gasteiger partial charge < -0.3 is 30.3 Å². The van der Waals surface area contributed by atoms with Crippen molar-refractivity contribution < 1.29 is 30.3 Å². The van der Waals surface area contributed by atoms with Crippen molar-refractivity contribution in [3.63, 3.8) is 0 Å². The second-order valence-electron chi connectivity index (χ2n) is 13.6. The van der Waals surface area contributed by atoms with E-state index in [9.17, 15) is 10.2 Å². The molecule has 6 nitrogen and oxygen atoms in total. The van der Waals surface area contributed by atoms with Crippen molar-refractivity contribution in [3.8, 4) is 0 Å². The fraction of sp³-hybridized carbons (Fsp3) is 1.00. The number of aliphatic hydroxyl groups is 5. The van der Waals surface area contributed by atoms with E-state index < -0.39 is 6.10 Å². The Morgan fingerprint density at radius 2 is 0.556 bits per heavy atom. The first-order valence-corrected chi connectivity index (χ1v) is 19.8. The Morgan fingerprint density at radius 1 is 0.333 bits per heavy atom. The Morgan fingerprint density at radius 3 is 0.756 bits per heavy atom. The van der Waals surface area contributed by atoms with Gasteiger partial charge in [0.15, 0.2) is 0 Å². The molecule has 0 aromatic carbocycles. The molecule has 0 saturated heterocycles. The number of rotatable bonds is 36. The lowest BCUT2D eigenvalue weighted by atomic mass is 10.0. The van der Waals surface area contributed by atoms with Gasteiger partial charge in [0.25, 0.3) is 0 Å². The van der Waals surface area contributed by atoms with Gasteiger partial charge in [0.05, 0.1) is 38.6 Å². The van der Waals surface area contributed by atoms with Crippen LogP contribution >= 0.6 is 0 Å². The minimum atomic E-state index is -0.954. The van der Waals surface area contributed by atoms with Gasteiger partial charge in [-0.15, -0.1) is 0 Å². The fourth-order valence-corrected chi connectivity index (χ4v) is 5.71. The first-order valence-electron chi connectivity index (χ1n) is 19.8. The molecule has 0 amide bonds. The van der Waals surface area contributed by atoms with Crippen LogP contribution in [-0.4, -0.2) is 70.3 Å². The maximum atomic E-state index is 10.2. The summed E-state index contributed by atoms with van der Waals surface area (Å²) < 4.78 is 5.60. The largest absolute Gasteiger partial charge is 0.394 e. The van der Waals surface area contributed by atoms with Crippen LogP contribution in [0, 0.1) is 0 Å². The minimum Gasteiger partial charge on any atom is -0.394 e. The molecule has 274 valence electrons. The van der Waals surface area contributed by atoms with Crippen LogP contribution in [0.4, 0.5) is 0 Å². The maximum Gasteiger partial charge on any atom is 0.100 e. The fourth-order valence-electron chi connectivity index (χ4n) is 5.71. The summed E-state index contributed by atoms with van der Waals surface area (Å²) in [7, 11) is 0. The molecule has 0 bridgehead atoms. The molecule has 0 heterocycles. The van der Waals surface area contributed by atoms with Crippen molar-refractivity contribution in [2.45, 2.75) is 225 Å². The highest BCUT2D eigenvalue weighted by molar-refractivity contribution is 4.59. The monoisotopic (exact) mass is 647 g/mol. The number of unbranched alkanes of at least 4 members (excludes halogenated alkanes) is 26. The Balaban J connectivity index is 0. The molecule has 0 radical (unpaired) electrons. The summed E-state index contributed by atoms with van der Waals surface area (Å²) in [5, 5.41) is 44.3. The summed E-state index contributed by atoms with van der Waals surface area (Å²) in [6.07, 6.45) is 38.0. The number of hydrogen-bond donors (Lipinski definition) is 5. The highest BCUT2D eigenvalue weighted by Gasteiger charge is 2.08. The van der Waals surface area contributed by atoms with E-state index in [1.807, 2.05) is 0 Å². The van der Waals surface area contributed by atoms with Crippen LogP contribution in [-0.2, 0) is 4.74 Å². The number of aliphatic hydroxyl groups excluding tert-OH is 5. The summed E-state index contributed by atoms with van der Waals surface area (Å²) in [5.41, 5.74) is 0. The Kier molecular flexibility index (Phi) is 43.5. The molecule has 0 aliphatic heterocycles. The van der Waals surface area contributed by atoms with Crippen molar-refractivity contribution in [1.29, 1.82) is 0 Å². The second-order valence-corrected chi connectivity index (χ2v) is 13.6. The lowest BCUT2D eigenvalue weighted by Gasteiger charge is -2.14. The van der Waals surface area contributed by atoms with Gasteiger partial charge in [-0.2, -0.15) is 0 Å². The van der Waals surface area contributed by atoms with Crippen LogP contribution < -0.4 is 0 Å². The normalized spacial score (nSPS) is 12.8. The Bertz CT molecular complexity index is 464. The van der Waals surface area contributed by atoms with Gasteiger partial charge in [-0.25, -0.2) is 0 Å². The van der Waals surface area contributed by atoms with Crippen LogP contribution in [0.5, 0.6) is 0 Å². The van der Waals surface area contributed by atoms with Gasteiger partial charge in [-0.05, 0) is 12.8 Å². The zero-order chi connectivity index (χ0) is 33.5. The summed E-state index contributed by atoms with van der Waals surface area (Å²) in [6.45, 7) is 4.58. The van der Waals surface area contributed by atoms with Gasteiger partial charge in [0.1, 0.15) is 6.10 Å². The SMILES string of the molecule is CCCCCCCCCCCCCCCCC(O)COCC(O)CCCCCCCCCCCCCCCC.OCC(O)CO. The predicted octanol–water partition coefficient (Wildman–Crippen LogP) is 9.80. The molecule has 0 saturated carbocycles. The molecule has 0 fully saturated rings. The predicted molar refractivity (Wildman–Crippen MR) is 193 cm³/mol. The zero-order valence-corrected chi connectivity index (χ0v) is 30.4. The zero-order valence-electron chi connectivity index (χ0n) is 30.4. The maximum absolute atomic E-state index is 10.2. The van der Waals surface area contributed by atoms with Crippen LogP contribution in [0.25, 0.3) is 0 Å². The third-order valence-corrected chi connectivity index (χ3v) is 8.82. The van der Waals surface area contributed by atoms with E-state index in [0.717, 1.165) is 25.7 Å². The molecule has 0 rings (SSSR count). The second kappa shape index (κ2) is 41.8. The van der Waals surface area contributed by atoms with Crippen LogP contribution in [0.15, 0.2) is 0 Å². The molecule has 0 aromatic heterocycles. The molecule has 5 N–H and O–H groups in total. The minimum absolute atomic E-state index is 0.365. The Labute approximate surface area is 281 Å². The summed E-state index contributed by atoms with van der Waals surface area (Å²) in [5.74, 6) is 0. The average molecular weight is 647 g/mol. The van der Waals surface area contributed by atoms with E-state index in [0.29, 0.717) is 13.2 Å². The lowest BCUT2D eigenvalue weighted by molar-refractivity contribution is -0.0129. The smallest absolute Gasteiger partial charge is 0.100 e. The molecule has 0 aromatic rings. The standard InChI is InChI=1S/C36H74O3.C3H8O3/c1-3-5-7-9-11-13-15-17-19-21-23-25-27-29-31-35(37)33-39-34-36(38)32-30-28-26-24-22-20-18-16-14-12-10-8-6-4-2;4-1-3(6)2-5/h35-38H,3-34H2,1-2H3;3-6H,1-2H2. The third kappa shape index (κ3) is 43.8. The van der Waals surface area contributed by atoms with Crippen molar-refractivity contribution in [2.75, 3.05) is 26.4 Å². The number of hydrogen-bond acceptors (Lipinski definition) is 6. The first-order chi connectivity index (χ1) is 22.0. The van der Waals surface area contributed by atoms with Crippen LogP contribution in [0.1, 0.15) is 206 Å². The highest BCUT2D eigenvalue weighted by atomic mass is 16.5. The van der Waals surface area contributed by atoms with Gasteiger partial charge >= 0.3 is 0 Å². The molecule has 45 heavy (non-hydrogen) atoms. The Hall–Kier alpha value is -0.240. The third-order valence-electron chi connectivity index (χ3n) is 8.82. The summed E-state index contributed by atoms with van der Waals surface area (Å²) in [6, 6.07) is 0. The first kappa shape index (κ1) is 46.9. The quantitative estimate of drug-likeness (QED) is 0.0434. The van der Waals surface area contributed by atoms with Crippen molar-refractivity contribution >= 4 is 0 Å². The molecule has 0 spiro atoms. The molecule has 6 heteroatoms. The van der Waals surface area contributed by atoms with E-state index >= 15 is 0 Å². The van der Waals surface area contributed by atoms with E-state index in [1.54, 1.807) is 0 Å². The van der Waals surface area contributed by atoms with Gasteiger partial charge in [0, 0.05) is 0 Å². The topological polar surface area (TPSA) is 110 Å². The molecule has 0 aliphatic carbocycles. The van der Waals surface area contributed by atoms with E-state index in [-0.39, 0.29) is 25.4 Å². The van der Waals surface area contributed by atoms with E-state index in [1.165, 1.54) is 167 Å². The van der Waals surface area contributed by atoms with E-state index in [4.69, 9.17) is 20.1 Å². The molecule has 0 aliphatic rings. The number of ether oxygens (including phenoxy) is 1. The van der Waals surface area contributed by atoms with Gasteiger partial charge in [-0.3, -0.25) is 0 Å². The lowest BCUT2D eigenvalue weighted by Crippen LogP contribution is -2.21. The van der Waals surface area contributed by atoms with Crippen LogP contribution in [0.2, 0.25) is 0 Å². The highest BCUT2D eigenvalue weighted by Crippen LogP contribution is 2.15. The molecular weight excluding hydrogens is 564 g/mol. The van der Waals surface area contributed by atoms with Gasteiger partial charge in [0.2, 0.25) is 0 Å². The van der Waals surface area contributed by atoms with Crippen molar-refractivity contribution in [3.05, 3.63) is 0 Å². The van der Waals surface area contributed by atoms with E-state index in [2.05, 4.69) is 13.8 Å².